The normalized spacial score (nSPS) is 20.7. The summed E-state index contributed by atoms with van der Waals surface area (Å²) in [4.78, 5) is 17.5. The number of carbonyl (C=O) groups is 1. The molecule has 4 heteroatoms. The number of hydrogen-bond donors (Lipinski definition) is 0. The molecule has 2 rings (SSSR count). The third-order valence-electron chi connectivity index (χ3n) is 2.53. The lowest BCUT2D eigenvalue weighted by atomic mass is 10.1. The van der Waals surface area contributed by atoms with Gasteiger partial charge in [-0.3, -0.25) is 9.78 Å². The Bertz CT molecular complexity index is 405. The summed E-state index contributed by atoms with van der Waals surface area (Å²) in [5.41, 5.74) is 0.840. The van der Waals surface area contributed by atoms with E-state index in [1.54, 1.807) is 17.3 Å². The van der Waals surface area contributed by atoms with Gasteiger partial charge in [-0.25, -0.2) is 0 Å². The third-order valence-corrected chi connectivity index (χ3v) is 3.20. The lowest BCUT2D eigenvalue weighted by molar-refractivity contribution is -0.117. The molecule has 1 aromatic rings. The molecule has 0 saturated carbocycles. The van der Waals surface area contributed by atoms with Crippen molar-refractivity contribution in [2.24, 2.45) is 5.92 Å². The van der Waals surface area contributed by atoms with Crippen LogP contribution >= 0.6 is 15.9 Å². The summed E-state index contributed by atoms with van der Waals surface area (Å²) in [6.07, 6.45) is 5.78. The van der Waals surface area contributed by atoms with Gasteiger partial charge in [-0.15, -0.1) is 6.58 Å². The van der Waals surface area contributed by atoms with Crippen molar-refractivity contribution in [1.29, 1.82) is 0 Å². The Morgan fingerprint density at radius 1 is 1.67 bits per heavy atom. The molecule has 0 spiro atoms. The Balaban J connectivity index is 2.29. The van der Waals surface area contributed by atoms with Crippen LogP contribution in [-0.4, -0.2) is 17.4 Å². The number of aromatic nitrogens is 1. The molecule has 1 unspecified atom stereocenters. The van der Waals surface area contributed by atoms with E-state index in [2.05, 4.69) is 27.5 Å². The summed E-state index contributed by atoms with van der Waals surface area (Å²) in [6, 6.07) is 1.84. The molecule has 1 aromatic heterocycles. The van der Waals surface area contributed by atoms with E-state index in [1.807, 2.05) is 12.1 Å². The molecule has 1 saturated heterocycles. The largest absolute Gasteiger partial charge is 0.309 e. The van der Waals surface area contributed by atoms with Gasteiger partial charge in [0.25, 0.3) is 0 Å². The van der Waals surface area contributed by atoms with E-state index in [4.69, 9.17) is 0 Å². The molecule has 0 bridgehead atoms. The maximum absolute atomic E-state index is 11.7. The van der Waals surface area contributed by atoms with Gasteiger partial charge in [-0.2, -0.15) is 0 Å². The van der Waals surface area contributed by atoms with Crippen molar-refractivity contribution < 1.29 is 4.79 Å². The number of halogens is 1. The van der Waals surface area contributed by atoms with E-state index in [0.717, 1.165) is 10.2 Å². The second kappa shape index (κ2) is 4.14. The van der Waals surface area contributed by atoms with E-state index in [9.17, 15) is 4.79 Å². The second-order valence-corrected chi connectivity index (χ2v) is 4.39. The first-order valence-electron chi connectivity index (χ1n) is 4.75. The molecule has 1 aliphatic rings. The number of nitrogens with zero attached hydrogens (tertiary/aromatic N) is 2. The monoisotopic (exact) mass is 266 g/mol. The maximum atomic E-state index is 11.7. The molecule has 1 aliphatic heterocycles. The Hall–Kier alpha value is -1.16. The lowest BCUT2D eigenvalue weighted by Gasteiger charge is -2.16. The van der Waals surface area contributed by atoms with E-state index in [1.165, 1.54) is 0 Å². The van der Waals surface area contributed by atoms with Gasteiger partial charge < -0.3 is 4.90 Å². The summed E-state index contributed by atoms with van der Waals surface area (Å²) in [5, 5.41) is 0. The number of pyridine rings is 1. The molecule has 15 heavy (non-hydrogen) atoms. The first kappa shape index (κ1) is 10.4. The fourth-order valence-corrected chi connectivity index (χ4v) is 2.13. The van der Waals surface area contributed by atoms with Gasteiger partial charge in [-0.1, -0.05) is 6.08 Å². The van der Waals surface area contributed by atoms with Crippen LogP contribution < -0.4 is 4.90 Å². The van der Waals surface area contributed by atoms with Crippen LogP contribution in [-0.2, 0) is 4.79 Å². The summed E-state index contributed by atoms with van der Waals surface area (Å²) in [5.74, 6) is 0.387. The molecule has 3 nitrogen and oxygen atoms in total. The smallest absolute Gasteiger partial charge is 0.227 e. The zero-order valence-electron chi connectivity index (χ0n) is 8.19. The van der Waals surface area contributed by atoms with Crippen molar-refractivity contribution in [2.45, 2.75) is 6.42 Å². The van der Waals surface area contributed by atoms with Crippen LogP contribution in [0.4, 0.5) is 5.69 Å². The number of hydrogen-bond acceptors (Lipinski definition) is 2. The maximum Gasteiger partial charge on any atom is 0.227 e. The number of amides is 1. The predicted molar refractivity (Wildman–Crippen MR) is 62.6 cm³/mol. The van der Waals surface area contributed by atoms with Gasteiger partial charge in [0.05, 0.1) is 11.9 Å². The standard InChI is InChI=1S/C11H11BrN2O/c1-2-8-5-11(15)14(7-8)10-6-13-4-3-9(10)12/h2-4,6,8H,1,5,7H2. The number of rotatable bonds is 2. The van der Waals surface area contributed by atoms with E-state index in [0.29, 0.717) is 13.0 Å². The molecule has 0 radical (unpaired) electrons. The Morgan fingerprint density at radius 3 is 3.07 bits per heavy atom. The van der Waals surface area contributed by atoms with Crippen molar-refractivity contribution in [3.05, 3.63) is 35.6 Å². The zero-order valence-corrected chi connectivity index (χ0v) is 9.77. The Kier molecular flexibility index (Phi) is 2.86. The summed E-state index contributed by atoms with van der Waals surface area (Å²) in [6.45, 7) is 4.42. The molecule has 1 amide bonds. The van der Waals surface area contributed by atoms with Crippen molar-refractivity contribution in [3.8, 4) is 0 Å². The highest BCUT2D eigenvalue weighted by molar-refractivity contribution is 9.10. The topological polar surface area (TPSA) is 33.2 Å². The van der Waals surface area contributed by atoms with Gasteiger partial charge in [0.2, 0.25) is 5.91 Å². The molecule has 1 atom stereocenters. The van der Waals surface area contributed by atoms with E-state index in [-0.39, 0.29) is 11.8 Å². The van der Waals surface area contributed by atoms with Gasteiger partial charge in [0.15, 0.2) is 0 Å². The van der Waals surface area contributed by atoms with E-state index < -0.39 is 0 Å². The van der Waals surface area contributed by atoms with Gasteiger partial charge in [0, 0.05) is 29.6 Å². The van der Waals surface area contributed by atoms with Crippen LogP contribution in [0.1, 0.15) is 6.42 Å². The average Bonchev–Trinajstić information content (AvgIpc) is 2.60. The first-order valence-corrected chi connectivity index (χ1v) is 5.54. The summed E-state index contributed by atoms with van der Waals surface area (Å²) in [7, 11) is 0. The van der Waals surface area contributed by atoms with Crippen molar-refractivity contribution >= 4 is 27.5 Å². The lowest BCUT2D eigenvalue weighted by Crippen LogP contribution is -2.24. The second-order valence-electron chi connectivity index (χ2n) is 3.53. The van der Waals surface area contributed by atoms with Crippen molar-refractivity contribution in [2.75, 3.05) is 11.4 Å². The highest BCUT2D eigenvalue weighted by atomic mass is 79.9. The van der Waals surface area contributed by atoms with Crippen LogP contribution in [0.2, 0.25) is 0 Å². The van der Waals surface area contributed by atoms with E-state index >= 15 is 0 Å². The number of anilines is 1. The predicted octanol–water partition coefficient (Wildman–Crippen LogP) is 2.38. The summed E-state index contributed by atoms with van der Waals surface area (Å²) >= 11 is 3.42. The molecule has 78 valence electrons. The minimum absolute atomic E-state index is 0.133. The van der Waals surface area contributed by atoms with Crippen molar-refractivity contribution in [1.82, 2.24) is 4.98 Å². The molecule has 0 aliphatic carbocycles. The summed E-state index contributed by atoms with van der Waals surface area (Å²) < 4.78 is 0.899. The minimum atomic E-state index is 0.133. The Labute approximate surface area is 96.9 Å². The van der Waals surface area contributed by atoms with Crippen LogP contribution in [0.25, 0.3) is 0 Å². The quantitative estimate of drug-likeness (QED) is 0.771. The van der Waals surface area contributed by atoms with Gasteiger partial charge in [-0.05, 0) is 22.0 Å². The van der Waals surface area contributed by atoms with Crippen LogP contribution in [0, 0.1) is 5.92 Å². The van der Waals surface area contributed by atoms with Gasteiger partial charge in [0.1, 0.15) is 0 Å². The molecule has 0 aromatic carbocycles. The SMILES string of the molecule is C=CC1CC(=O)N(c2cnccc2Br)C1. The van der Waals surface area contributed by atoms with Crippen LogP contribution in [0.5, 0.6) is 0 Å². The number of carbonyl (C=O) groups excluding carboxylic acids is 1. The van der Waals surface area contributed by atoms with Crippen molar-refractivity contribution in [3.63, 3.8) is 0 Å². The molecule has 2 heterocycles. The fourth-order valence-electron chi connectivity index (χ4n) is 1.69. The Morgan fingerprint density at radius 2 is 2.47 bits per heavy atom. The highest BCUT2D eigenvalue weighted by Crippen LogP contribution is 2.30. The molecule has 1 fully saturated rings. The fraction of sp³-hybridized carbons (Fsp3) is 0.273. The molecular weight excluding hydrogens is 256 g/mol. The van der Waals surface area contributed by atoms with Gasteiger partial charge >= 0.3 is 0 Å². The van der Waals surface area contributed by atoms with Crippen LogP contribution in [0.3, 0.4) is 0 Å². The molecular formula is C11H11BrN2O. The van der Waals surface area contributed by atoms with Crippen LogP contribution in [0.15, 0.2) is 35.6 Å². The molecule has 0 N–H and O–H groups in total. The highest BCUT2D eigenvalue weighted by Gasteiger charge is 2.29. The first-order chi connectivity index (χ1) is 7.22. The minimum Gasteiger partial charge on any atom is -0.309 e. The average molecular weight is 267 g/mol. The third kappa shape index (κ3) is 1.95. The zero-order chi connectivity index (χ0) is 10.8.